The maximum Gasteiger partial charge on any atom is 0.164 e. The summed E-state index contributed by atoms with van der Waals surface area (Å²) in [5.74, 6) is 2.30. The van der Waals surface area contributed by atoms with Gasteiger partial charge in [-0.1, -0.05) is 41.6 Å². The number of aryl methyl sites for hydroxylation is 1. The van der Waals surface area contributed by atoms with Crippen LogP contribution >= 0.6 is 11.8 Å². The molecule has 0 aromatic heterocycles. The Morgan fingerprint density at radius 1 is 1.10 bits per heavy atom. The Kier molecular flexibility index (Phi) is 5.48. The number of hydrogen-bond acceptors (Lipinski definition) is 7. The zero-order chi connectivity index (χ0) is 20.6. The van der Waals surface area contributed by atoms with Crippen molar-refractivity contribution in [2.45, 2.75) is 24.8 Å². The molecule has 2 aromatic carbocycles. The van der Waals surface area contributed by atoms with Crippen molar-refractivity contribution in [1.82, 2.24) is 0 Å². The molecule has 2 aliphatic rings. The van der Waals surface area contributed by atoms with Crippen LogP contribution in [0.1, 0.15) is 11.1 Å². The Balaban J connectivity index is 1.68. The summed E-state index contributed by atoms with van der Waals surface area (Å²) in [6.07, 6.45) is 0. The summed E-state index contributed by atoms with van der Waals surface area (Å²) in [4.78, 5) is 6.82. The van der Waals surface area contributed by atoms with Crippen molar-refractivity contribution in [3.63, 3.8) is 0 Å². The van der Waals surface area contributed by atoms with E-state index in [4.69, 9.17) is 14.5 Å². The van der Waals surface area contributed by atoms with Crippen LogP contribution in [0.25, 0.3) is 0 Å². The van der Waals surface area contributed by atoms with Gasteiger partial charge in [-0.15, -0.1) is 0 Å². The summed E-state index contributed by atoms with van der Waals surface area (Å²) in [6.45, 7) is 2.07. The van der Waals surface area contributed by atoms with Gasteiger partial charge in [0.1, 0.15) is 11.5 Å². The monoisotopic (exact) mass is 432 g/mol. The largest absolute Gasteiger partial charge is 0.497 e. The number of thioether (sulfide) groups is 1. The molecule has 4 rings (SSSR count). The second kappa shape index (κ2) is 7.91. The van der Waals surface area contributed by atoms with Gasteiger partial charge < -0.3 is 14.4 Å². The molecule has 2 aliphatic heterocycles. The lowest BCUT2D eigenvalue weighted by Gasteiger charge is -2.28. The van der Waals surface area contributed by atoms with Crippen molar-refractivity contribution in [2.24, 2.45) is 4.99 Å². The maximum absolute atomic E-state index is 12.3. The van der Waals surface area contributed by atoms with Crippen LogP contribution in [0.3, 0.4) is 0 Å². The van der Waals surface area contributed by atoms with Crippen LogP contribution in [0.4, 0.5) is 5.69 Å². The van der Waals surface area contributed by atoms with Gasteiger partial charge in [0, 0.05) is 11.8 Å². The summed E-state index contributed by atoms with van der Waals surface area (Å²) < 4.78 is 35.5. The molecule has 8 heteroatoms. The molecule has 1 fully saturated rings. The Morgan fingerprint density at radius 2 is 1.86 bits per heavy atom. The normalized spacial score (nSPS) is 22.3. The lowest BCUT2D eigenvalue weighted by atomic mass is 10.1. The zero-order valence-electron chi connectivity index (χ0n) is 16.7. The lowest BCUT2D eigenvalue weighted by Crippen LogP contribution is -2.39. The number of anilines is 1. The van der Waals surface area contributed by atoms with E-state index in [2.05, 4.69) is 31.2 Å². The highest BCUT2D eigenvalue weighted by atomic mass is 32.2. The molecule has 0 radical (unpaired) electrons. The topological polar surface area (TPSA) is 68.2 Å². The van der Waals surface area contributed by atoms with E-state index in [1.54, 1.807) is 26.0 Å². The summed E-state index contributed by atoms with van der Waals surface area (Å²) in [5.41, 5.74) is 3.21. The summed E-state index contributed by atoms with van der Waals surface area (Å²) in [6, 6.07) is 13.5. The minimum Gasteiger partial charge on any atom is -0.497 e. The van der Waals surface area contributed by atoms with Crippen molar-refractivity contribution >= 4 is 32.5 Å². The minimum atomic E-state index is -3.11. The number of fused-ring (bicyclic) bond motifs is 1. The molecule has 0 N–H and O–H groups in total. The molecule has 1 saturated heterocycles. The third-order valence-electron chi connectivity index (χ3n) is 5.24. The van der Waals surface area contributed by atoms with Crippen LogP contribution < -0.4 is 14.4 Å². The summed E-state index contributed by atoms with van der Waals surface area (Å²) >= 11 is 1.62. The second-order valence-corrected chi connectivity index (χ2v) is 10.4. The maximum atomic E-state index is 12.3. The van der Waals surface area contributed by atoms with Crippen molar-refractivity contribution in [2.75, 3.05) is 30.6 Å². The van der Waals surface area contributed by atoms with Crippen LogP contribution in [-0.2, 0) is 15.6 Å². The molecule has 0 spiro atoms. The first-order valence-corrected chi connectivity index (χ1v) is 12.2. The third-order valence-corrected chi connectivity index (χ3v) is 7.98. The predicted octanol–water partition coefficient (Wildman–Crippen LogP) is 3.29. The Bertz CT molecular complexity index is 1040. The molecule has 0 amide bonds. The standard InChI is InChI=1S/C21H24N2O4S2/c1-14-4-6-15(7-5-14)11-28-21-22-17-12-29(24,25)13-19(17)23(21)18-10-16(26-2)8-9-20(18)27-3/h4-10,17,19H,11-13H2,1-3H3/t17-,19-/m1/s1. The number of hydrogen-bond donors (Lipinski definition) is 0. The first kappa shape index (κ1) is 20.1. The minimum absolute atomic E-state index is 0.0923. The highest BCUT2D eigenvalue weighted by molar-refractivity contribution is 8.13. The van der Waals surface area contributed by atoms with E-state index in [1.807, 2.05) is 23.1 Å². The van der Waals surface area contributed by atoms with Crippen molar-refractivity contribution < 1.29 is 17.9 Å². The van der Waals surface area contributed by atoms with Crippen LogP contribution in [0.5, 0.6) is 11.5 Å². The average Bonchev–Trinajstić information content (AvgIpc) is 3.17. The molecule has 29 heavy (non-hydrogen) atoms. The van der Waals surface area contributed by atoms with Crippen LogP contribution in [0.2, 0.25) is 0 Å². The number of nitrogens with zero attached hydrogens (tertiary/aromatic N) is 2. The number of amidine groups is 1. The molecule has 0 bridgehead atoms. The van der Waals surface area contributed by atoms with Crippen LogP contribution in [0, 0.1) is 6.92 Å². The van der Waals surface area contributed by atoms with Crippen molar-refractivity contribution in [1.29, 1.82) is 0 Å². The van der Waals surface area contributed by atoms with Crippen LogP contribution in [-0.4, -0.2) is 51.4 Å². The fourth-order valence-corrected chi connectivity index (χ4v) is 6.65. The van der Waals surface area contributed by atoms with Crippen molar-refractivity contribution in [3.8, 4) is 11.5 Å². The van der Waals surface area contributed by atoms with Gasteiger partial charge in [-0.3, -0.25) is 4.99 Å². The molecule has 2 aromatic rings. The number of methoxy groups -OCH3 is 2. The van der Waals surface area contributed by atoms with Gasteiger partial charge in [0.25, 0.3) is 0 Å². The first-order valence-electron chi connectivity index (χ1n) is 9.38. The summed E-state index contributed by atoms with van der Waals surface area (Å²) in [7, 11) is 0.115. The van der Waals surface area contributed by atoms with E-state index in [-0.39, 0.29) is 23.6 Å². The number of rotatable bonds is 5. The Hall–Kier alpha value is -2.19. The van der Waals surface area contributed by atoms with E-state index < -0.39 is 9.84 Å². The number of sulfone groups is 1. The van der Waals surface area contributed by atoms with Gasteiger partial charge in [0.15, 0.2) is 15.0 Å². The van der Waals surface area contributed by atoms with E-state index in [9.17, 15) is 8.42 Å². The van der Waals surface area contributed by atoms with E-state index >= 15 is 0 Å². The first-order chi connectivity index (χ1) is 13.9. The van der Waals surface area contributed by atoms with Gasteiger partial charge >= 0.3 is 0 Å². The van der Waals surface area contributed by atoms with Gasteiger partial charge in [-0.05, 0) is 24.6 Å². The molecular weight excluding hydrogens is 408 g/mol. The third kappa shape index (κ3) is 4.09. The molecule has 2 heterocycles. The molecule has 2 atom stereocenters. The number of ether oxygens (including phenoxy) is 2. The van der Waals surface area contributed by atoms with Gasteiger partial charge in [-0.2, -0.15) is 0 Å². The molecule has 0 saturated carbocycles. The van der Waals surface area contributed by atoms with Gasteiger partial charge in [0.2, 0.25) is 0 Å². The lowest BCUT2D eigenvalue weighted by molar-refractivity contribution is 0.403. The molecule has 6 nitrogen and oxygen atoms in total. The molecular formula is C21H24N2O4S2. The van der Waals surface area contributed by atoms with E-state index in [0.717, 1.165) is 16.6 Å². The Labute approximate surface area is 175 Å². The smallest absolute Gasteiger partial charge is 0.164 e. The highest BCUT2D eigenvalue weighted by Crippen LogP contribution is 2.41. The summed E-state index contributed by atoms with van der Waals surface area (Å²) in [5, 5.41) is 0.821. The molecule has 0 unspecified atom stereocenters. The fraction of sp³-hybridized carbons (Fsp3) is 0.381. The molecule has 0 aliphatic carbocycles. The molecule has 154 valence electrons. The zero-order valence-corrected chi connectivity index (χ0v) is 18.3. The highest BCUT2D eigenvalue weighted by Gasteiger charge is 2.47. The SMILES string of the molecule is COc1ccc(OC)c(N2C(SCc3ccc(C)cc3)=N[C@@H]3CS(=O)(=O)C[C@H]32)c1. The van der Waals surface area contributed by atoms with Gasteiger partial charge in [-0.25, -0.2) is 8.42 Å². The predicted molar refractivity (Wildman–Crippen MR) is 118 cm³/mol. The van der Waals surface area contributed by atoms with E-state index in [1.165, 1.54) is 11.1 Å². The number of aliphatic imine (C=N–C) groups is 1. The second-order valence-electron chi connectivity index (χ2n) is 7.31. The quantitative estimate of drug-likeness (QED) is 0.722. The van der Waals surface area contributed by atoms with Gasteiger partial charge in [0.05, 0.1) is 43.5 Å². The van der Waals surface area contributed by atoms with Crippen molar-refractivity contribution in [3.05, 3.63) is 53.6 Å². The number of benzene rings is 2. The van der Waals surface area contributed by atoms with E-state index in [0.29, 0.717) is 11.5 Å². The Morgan fingerprint density at radius 3 is 2.55 bits per heavy atom. The average molecular weight is 433 g/mol. The van der Waals surface area contributed by atoms with Crippen LogP contribution in [0.15, 0.2) is 47.5 Å². The fourth-order valence-electron chi connectivity index (χ4n) is 3.73.